The second-order valence-corrected chi connectivity index (χ2v) is 8.76. The van der Waals surface area contributed by atoms with Gasteiger partial charge in [-0.1, -0.05) is 52.3 Å². The molecular weight excluding hydrogens is 412 g/mol. The molecule has 1 fully saturated rings. The van der Waals surface area contributed by atoms with Crippen molar-refractivity contribution in [3.63, 3.8) is 0 Å². The highest BCUT2D eigenvalue weighted by atomic mass is 79.9. The van der Waals surface area contributed by atoms with Crippen LogP contribution in [0.3, 0.4) is 0 Å². The fourth-order valence-electron chi connectivity index (χ4n) is 4.59. The van der Waals surface area contributed by atoms with E-state index in [1.54, 1.807) is 0 Å². The smallest absolute Gasteiger partial charge is 0.133 e. The van der Waals surface area contributed by atoms with Crippen molar-refractivity contribution in [1.82, 2.24) is 14.7 Å². The Bertz CT molecular complexity index is 966. The molecule has 0 spiro atoms. The number of piperidine rings is 1. The van der Waals surface area contributed by atoms with Crippen molar-refractivity contribution < 1.29 is 0 Å². The third-order valence-corrected chi connectivity index (χ3v) is 6.37. The molecule has 1 N–H and O–H groups in total. The van der Waals surface area contributed by atoms with Crippen LogP contribution in [0.1, 0.15) is 35.6 Å². The summed E-state index contributed by atoms with van der Waals surface area (Å²) in [5, 5.41) is 8.68. The van der Waals surface area contributed by atoms with Crippen LogP contribution in [0.5, 0.6) is 0 Å². The summed E-state index contributed by atoms with van der Waals surface area (Å²) in [7, 11) is 0. The molecule has 4 nitrogen and oxygen atoms in total. The first-order chi connectivity index (χ1) is 13.8. The number of anilines is 1. The molecule has 2 aliphatic heterocycles. The number of fused-ring (bicyclic) bond motifs is 1. The topological polar surface area (TPSA) is 33.1 Å². The monoisotopic (exact) mass is 436 g/mol. The van der Waals surface area contributed by atoms with Crippen LogP contribution in [0.15, 0.2) is 59.1 Å². The number of nitrogens with zero attached hydrogens (tertiary/aromatic N) is 3. The molecule has 1 aromatic heterocycles. The van der Waals surface area contributed by atoms with E-state index in [1.165, 1.54) is 42.0 Å². The van der Waals surface area contributed by atoms with Gasteiger partial charge in [-0.3, -0.25) is 4.90 Å². The van der Waals surface area contributed by atoms with Crippen molar-refractivity contribution in [3.8, 4) is 5.69 Å². The molecule has 0 aliphatic carbocycles. The molecule has 0 bridgehead atoms. The number of hydrogen-bond donors (Lipinski definition) is 1. The summed E-state index contributed by atoms with van der Waals surface area (Å²) in [5.41, 5.74) is 5.24. The highest BCUT2D eigenvalue weighted by Gasteiger charge is 2.30. The van der Waals surface area contributed by atoms with E-state index in [2.05, 4.69) is 85.4 Å². The second-order valence-electron chi connectivity index (χ2n) is 7.84. The van der Waals surface area contributed by atoms with E-state index in [4.69, 9.17) is 5.10 Å². The van der Waals surface area contributed by atoms with Gasteiger partial charge in [0.2, 0.25) is 0 Å². The summed E-state index contributed by atoms with van der Waals surface area (Å²) in [4.78, 5) is 2.59. The molecule has 5 heteroatoms. The zero-order valence-electron chi connectivity index (χ0n) is 15.9. The minimum atomic E-state index is 0.513. The molecule has 5 rings (SSSR count). The maximum atomic E-state index is 5.12. The van der Waals surface area contributed by atoms with Crippen LogP contribution in [0.2, 0.25) is 0 Å². The number of aromatic nitrogens is 2. The molecule has 28 heavy (non-hydrogen) atoms. The Labute approximate surface area is 174 Å². The van der Waals surface area contributed by atoms with Crippen LogP contribution in [0.4, 0.5) is 5.82 Å². The largest absolute Gasteiger partial charge is 0.369 e. The number of rotatable bonds is 4. The molecule has 0 amide bonds. The number of halogens is 1. The maximum absolute atomic E-state index is 5.12. The van der Waals surface area contributed by atoms with Crippen molar-refractivity contribution in [1.29, 1.82) is 0 Å². The van der Waals surface area contributed by atoms with E-state index in [9.17, 15) is 0 Å². The first-order valence-corrected chi connectivity index (χ1v) is 10.9. The van der Waals surface area contributed by atoms with Crippen LogP contribution in [-0.4, -0.2) is 34.3 Å². The molecule has 0 saturated carbocycles. The van der Waals surface area contributed by atoms with Gasteiger partial charge in [0, 0.05) is 35.6 Å². The van der Waals surface area contributed by atoms with E-state index in [-0.39, 0.29) is 0 Å². The summed E-state index contributed by atoms with van der Waals surface area (Å²) < 4.78 is 3.19. The Morgan fingerprint density at radius 1 is 1.11 bits per heavy atom. The van der Waals surface area contributed by atoms with Crippen LogP contribution >= 0.6 is 15.9 Å². The van der Waals surface area contributed by atoms with Crippen molar-refractivity contribution >= 4 is 21.7 Å². The number of hydrogen-bond acceptors (Lipinski definition) is 3. The lowest BCUT2D eigenvalue weighted by molar-refractivity contribution is 0.198. The average molecular weight is 437 g/mol. The predicted molar refractivity (Wildman–Crippen MR) is 117 cm³/mol. The summed E-state index contributed by atoms with van der Waals surface area (Å²) >= 11 is 3.59. The van der Waals surface area contributed by atoms with E-state index in [0.717, 1.165) is 36.2 Å². The first-order valence-electron chi connectivity index (χ1n) is 10.2. The van der Waals surface area contributed by atoms with Gasteiger partial charge in [-0.25, -0.2) is 4.68 Å². The fraction of sp³-hybridized carbons (Fsp3) is 0.348. The standard InChI is InChI=1S/C23H25BrN4/c24-19-9-4-10-20(14-19)28-23-21(11-12-25-23)22(26-28)18-8-5-13-27(16-18)15-17-6-2-1-3-7-17/h1-4,6-7,9-10,14,18,25H,5,8,11-13,15-16H2. The summed E-state index contributed by atoms with van der Waals surface area (Å²) in [6.07, 6.45) is 3.55. The predicted octanol–water partition coefficient (Wildman–Crippen LogP) is 4.98. The van der Waals surface area contributed by atoms with Gasteiger partial charge in [0.15, 0.2) is 0 Å². The van der Waals surface area contributed by atoms with Crippen molar-refractivity contribution in [2.45, 2.75) is 31.7 Å². The summed E-state index contributed by atoms with van der Waals surface area (Å²) in [6, 6.07) is 19.2. The molecule has 2 aliphatic rings. The Hall–Kier alpha value is -2.11. The molecule has 2 aromatic carbocycles. The number of benzene rings is 2. The van der Waals surface area contributed by atoms with Gasteiger partial charge in [0.05, 0.1) is 11.4 Å². The number of nitrogens with one attached hydrogen (secondary N) is 1. The molecule has 0 radical (unpaired) electrons. The van der Waals surface area contributed by atoms with E-state index in [0.29, 0.717) is 5.92 Å². The Morgan fingerprint density at radius 3 is 2.86 bits per heavy atom. The highest BCUT2D eigenvalue weighted by Crippen LogP contribution is 2.36. The molecular formula is C23H25BrN4. The minimum Gasteiger partial charge on any atom is -0.369 e. The lowest BCUT2D eigenvalue weighted by Crippen LogP contribution is -2.34. The molecule has 3 heterocycles. The first kappa shape index (κ1) is 18.0. The molecule has 1 atom stereocenters. The third kappa shape index (κ3) is 3.49. The van der Waals surface area contributed by atoms with Gasteiger partial charge >= 0.3 is 0 Å². The minimum absolute atomic E-state index is 0.513. The van der Waals surface area contributed by atoms with Crippen LogP contribution in [-0.2, 0) is 13.0 Å². The normalized spacial score (nSPS) is 19.4. The van der Waals surface area contributed by atoms with E-state index >= 15 is 0 Å². The van der Waals surface area contributed by atoms with E-state index < -0.39 is 0 Å². The maximum Gasteiger partial charge on any atom is 0.133 e. The molecule has 1 unspecified atom stereocenters. The lowest BCUT2D eigenvalue weighted by Gasteiger charge is -2.32. The fourth-order valence-corrected chi connectivity index (χ4v) is 4.98. The van der Waals surface area contributed by atoms with Crippen LogP contribution in [0, 0.1) is 0 Å². The van der Waals surface area contributed by atoms with E-state index in [1.807, 2.05) is 0 Å². The van der Waals surface area contributed by atoms with Gasteiger partial charge in [-0.15, -0.1) is 0 Å². The van der Waals surface area contributed by atoms with Gasteiger partial charge < -0.3 is 5.32 Å². The summed E-state index contributed by atoms with van der Waals surface area (Å²) in [5.74, 6) is 1.70. The van der Waals surface area contributed by atoms with Gasteiger partial charge in [-0.05, 0) is 49.6 Å². The highest BCUT2D eigenvalue weighted by molar-refractivity contribution is 9.10. The SMILES string of the molecule is Brc1cccc(-n2nc(C3CCCN(Cc4ccccc4)C3)c3c2NCC3)c1. The zero-order valence-corrected chi connectivity index (χ0v) is 17.5. The Balaban J connectivity index is 1.42. The zero-order chi connectivity index (χ0) is 18.9. The molecule has 1 saturated heterocycles. The Morgan fingerprint density at radius 2 is 2.00 bits per heavy atom. The van der Waals surface area contributed by atoms with Crippen molar-refractivity contribution in [2.75, 3.05) is 25.0 Å². The van der Waals surface area contributed by atoms with Gasteiger partial charge in [-0.2, -0.15) is 5.10 Å². The third-order valence-electron chi connectivity index (χ3n) is 5.88. The lowest BCUT2D eigenvalue weighted by atomic mass is 9.91. The Kier molecular flexibility index (Phi) is 4.95. The van der Waals surface area contributed by atoms with Crippen LogP contribution in [0.25, 0.3) is 5.69 Å². The van der Waals surface area contributed by atoms with Crippen molar-refractivity contribution in [3.05, 3.63) is 75.9 Å². The van der Waals surface area contributed by atoms with Gasteiger partial charge in [0.25, 0.3) is 0 Å². The van der Waals surface area contributed by atoms with Gasteiger partial charge in [0.1, 0.15) is 5.82 Å². The average Bonchev–Trinajstić information content (AvgIpc) is 3.32. The quantitative estimate of drug-likeness (QED) is 0.625. The van der Waals surface area contributed by atoms with Crippen molar-refractivity contribution in [2.24, 2.45) is 0 Å². The second kappa shape index (κ2) is 7.72. The number of likely N-dealkylation sites (tertiary alicyclic amines) is 1. The van der Waals surface area contributed by atoms with Crippen LogP contribution < -0.4 is 5.32 Å². The molecule has 144 valence electrons. The summed E-state index contributed by atoms with van der Waals surface area (Å²) in [6.45, 7) is 4.31. The molecule has 3 aromatic rings.